The average molecular weight is 518 g/mol. The number of nitrogens with zero attached hydrogens (tertiary/aromatic N) is 2. The van der Waals surface area contributed by atoms with Gasteiger partial charge < -0.3 is 10.1 Å². The number of nitrogens with one attached hydrogen (secondary N) is 1. The van der Waals surface area contributed by atoms with E-state index in [9.17, 15) is 14.9 Å². The van der Waals surface area contributed by atoms with Crippen molar-refractivity contribution in [2.45, 2.75) is 25.5 Å². The summed E-state index contributed by atoms with van der Waals surface area (Å²) >= 11 is 7.55. The molecule has 0 saturated carbocycles. The quantitative estimate of drug-likeness (QED) is 0.302. The van der Waals surface area contributed by atoms with Crippen LogP contribution < -0.4 is 15.0 Å². The number of ether oxygens (including phenoxy) is 1. The summed E-state index contributed by atoms with van der Waals surface area (Å²) in [6.45, 7) is 4.35. The highest BCUT2D eigenvalue weighted by Crippen LogP contribution is 2.42. The van der Waals surface area contributed by atoms with Crippen LogP contribution in [0.2, 0.25) is 5.02 Å². The second-order valence-electron chi connectivity index (χ2n) is 8.11. The third kappa shape index (κ3) is 5.56. The molecule has 1 unspecified atom stereocenters. The van der Waals surface area contributed by atoms with Gasteiger partial charge in [-0.15, -0.1) is 0 Å². The topological polar surface area (TPSA) is 82.4 Å². The minimum Gasteiger partial charge on any atom is -0.494 e. The van der Waals surface area contributed by atoms with Gasteiger partial charge in [0.2, 0.25) is 5.91 Å². The zero-order valence-corrected chi connectivity index (χ0v) is 21.4. The van der Waals surface area contributed by atoms with E-state index in [0.717, 1.165) is 11.1 Å². The lowest BCUT2D eigenvalue weighted by Gasteiger charge is -2.19. The van der Waals surface area contributed by atoms with Gasteiger partial charge in [-0.25, -0.2) is 0 Å². The summed E-state index contributed by atoms with van der Waals surface area (Å²) in [5.41, 5.74) is 2.84. The summed E-state index contributed by atoms with van der Waals surface area (Å²) in [6.07, 6.45) is 0.360. The van der Waals surface area contributed by atoms with Gasteiger partial charge in [0.1, 0.15) is 22.4 Å². The van der Waals surface area contributed by atoms with Crippen molar-refractivity contribution in [3.05, 3.63) is 99.5 Å². The molecule has 3 aromatic carbocycles. The second kappa shape index (κ2) is 11.3. The Morgan fingerprint density at radius 3 is 2.44 bits per heavy atom. The van der Waals surface area contributed by atoms with Crippen molar-refractivity contribution in [2.75, 3.05) is 16.8 Å². The molecule has 0 bridgehead atoms. The number of nitriles is 1. The summed E-state index contributed by atoms with van der Waals surface area (Å²) in [5, 5.41) is 13.1. The minimum absolute atomic E-state index is 0.135. The molecule has 0 aromatic heterocycles. The third-order valence-electron chi connectivity index (χ3n) is 5.58. The molecule has 36 heavy (non-hydrogen) atoms. The van der Waals surface area contributed by atoms with Crippen molar-refractivity contribution in [3.8, 4) is 11.8 Å². The van der Waals surface area contributed by atoms with Crippen LogP contribution in [0.1, 0.15) is 18.1 Å². The first-order chi connectivity index (χ1) is 17.4. The van der Waals surface area contributed by atoms with Gasteiger partial charge in [-0.05, 0) is 68.3 Å². The number of hydrogen-bond donors (Lipinski definition) is 1. The van der Waals surface area contributed by atoms with E-state index in [1.54, 1.807) is 42.5 Å². The van der Waals surface area contributed by atoms with E-state index in [-0.39, 0.29) is 16.5 Å². The summed E-state index contributed by atoms with van der Waals surface area (Å²) in [4.78, 5) is 28.3. The molecule has 1 fully saturated rings. The van der Waals surface area contributed by atoms with Crippen LogP contribution in [0.3, 0.4) is 0 Å². The molecule has 1 aliphatic heterocycles. The molecule has 182 valence electrons. The van der Waals surface area contributed by atoms with Gasteiger partial charge in [0.25, 0.3) is 5.91 Å². The first-order valence-corrected chi connectivity index (χ1v) is 12.7. The van der Waals surface area contributed by atoms with Gasteiger partial charge >= 0.3 is 0 Å². The van der Waals surface area contributed by atoms with E-state index in [2.05, 4.69) is 5.32 Å². The highest BCUT2D eigenvalue weighted by Gasteiger charge is 2.41. The number of rotatable bonds is 7. The molecule has 1 aliphatic rings. The fourth-order valence-corrected chi connectivity index (χ4v) is 5.28. The van der Waals surface area contributed by atoms with Gasteiger partial charge in [-0.2, -0.15) is 5.26 Å². The molecule has 3 aromatic rings. The van der Waals surface area contributed by atoms with Crippen LogP contribution in [0.5, 0.6) is 5.75 Å². The molecule has 0 aliphatic carbocycles. The van der Waals surface area contributed by atoms with Crippen molar-refractivity contribution in [2.24, 2.45) is 0 Å². The third-order valence-corrected chi connectivity index (χ3v) is 7.22. The van der Waals surface area contributed by atoms with E-state index in [0.29, 0.717) is 35.2 Å². The average Bonchev–Trinajstić information content (AvgIpc) is 3.18. The highest BCUT2D eigenvalue weighted by atomic mass is 35.5. The molecule has 8 heteroatoms. The first kappa shape index (κ1) is 25.4. The van der Waals surface area contributed by atoms with Crippen molar-refractivity contribution in [1.29, 1.82) is 5.26 Å². The monoisotopic (exact) mass is 517 g/mol. The number of anilines is 2. The van der Waals surface area contributed by atoms with Crippen LogP contribution in [0.25, 0.3) is 0 Å². The molecule has 2 amide bonds. The van der Waals surface area contributed by atoms with Gasteiger partial charge in [0.05, 0.1) is 11.9 Å². The number of thioether (sulfide) groups is 1. The van der Waals surface area contributed by atoms with Crippen LogP contribution in [0, 0.1) is 18.3 Å². The molecule has 1 N–H and O–H groups in total. The van der Waals surface area contributed by atoms with E-state index in [1.165, 1.54) is 16.7 Å². The number of aryl methyl sites for hydroxylation is 1. The Hall–Kier alpha value is -3.73. The minimum atomic E-state index is -0.578. The Labute approximate surface area is 219 Å². The summed E-state index contributed by atoms with van der Waals surface area (Å²) in [6, 6.07) is 23.6. The number of benzene rings is 3. The van der Waals surface area contributed by atoms with E-state index >= 15 is 0 Å². The number of hydrogen-bond acceptors (Lipinski definition) is 5. The Bertz CT molecular complexity index is 1350. The lowest BCUT2D eigenvalue weighted by molar-refractivity contribution is -0.117. The smallest absolute Gasteiger partial charge is 0.269 e. The zero-order chi connectivity index (χ0) is 25.7. The number of carbonyl (C=O) groups is 2. The largest absolute Gasteiger partial charge is 0.494 e. The molecular weight excluding hydrogens is 494 g/mol. The van der Waals surface area contributed by atoms with Crippen LogP contribution in [-0.4, -0.2) is 23.7 Å². The Morgan fingerprint density at radius 1 is 1.11 bits per heavy atom. The lowest BCUT2D eigenvalue weighted by Crippen LogP contribution is -2.31. The van der Waals surface area contributed by atoms with Crippen LogP contribution in [-0.2, 0) is 16.0 Å². The fourth-order valence-electron chi connectivity index (χ4n) is 3.77. The molecule has 0 spiro atoms. The maximum Gasteiger partial charge on any atom is 0.269 e. The van der Waals surface area contributed by atoms with Gasteiger partial charge in [0, 0.05) is 16.4 Å². The molecule has 1 saturated heterocycles. The van der Waals surface area contributed by atoms with Gasteiger partial charge in [-0.3, -0.25) is 14.5 Å². The molecule has 4 rings (SSSR count). The second-order valence-corrected chi connectivity index (χ2v) is 9.71. The SMILES string of the molecule is CCOc1ccc(N2C(=O)C(Cc3ccccc3Cl)S/C2=C(/C#N)C(=O)Nc2ccc(C)cc2)cc1. The Morgan fingerprint density at radius 2 is 1.81 bits per heavy atom. The van der Waals surface area contributed by atoms with E-state index in [4.69, 9.17) is 16.3 Å². The number of halogens is 1. The normalized spacial score (nSPS) is 16.4. The zero-order valence-electron chi connectivity index (χ0n) is 19.8. The Kier molecular flexibility index (Phi) is 7.99. The van der Waals surface area contributed by atoms with Crippen molar-refractivity contribution in [3.63, 3.8) is 0 Å². The molecular formula is C28H24ClN3O3S. The van der Waals surface area contributed by atoms with Crippen molar-refractivity contribution >= 4 is 46.6 Å². The Balaban J connectivity index is 1.72. The molecule has 1 atom stereocenters. The van der Waals surface area contributed by atoms with Crippen molar-refractivity contribution in [1.82, 2.24) is 0 Å². The van der Waals surface area contributed by atoms with Gasteiger partial charge in [0.15, 0.2) is 0 Å². The summed E-state index contributed by atoms with van der Waals surface area (Å²) < 4.78 is 5.52. The number of amides is 2. The lowest BCUT2D eigenvalue weighted by atomic mass is 10.1. The summed E-state index contributed by atoms with van der Waals surface area (Å²) in [7, 11) is 0. The van der Waals surface area contributed by atoms with Crippen molar-refractivity contribution < 1.29 is 14.3 Å². The van der Waals surface area contributed by atoms with E-state index in [1.807, 2.05) is 50.2 Å². The van der Waals surface area contributed by atoms with Crippen LogP contribution in [0.4, 0.5) is 11.4 Å². The summed E-state index contributed by atoms with van der Waals surface area (Å²) in [5.74, 6) is -0.141. The van der Waals surface area contributed by atoms with Crippen LogP contribution >= 0.6 is 23.4 Å². The maximum atomic E-state index is 13.6. The maximum absolute atomic E-state index is 13.6. The number of carbonyl (C=O) groups excluding carboxylic acids is 2. The van der Waals surface area contributed by atoms with Crippen LogP contribution in [0.15, 0.2) is 83.4 Å². The molecule has 6 nitrogen and oxygen atoms in total. The predicted octanol–water partition coefficient (Wildman–Crippen LogP) is 6.11. The van der Waals surface area contributed by atoms with E-state index < -0.39 is 11.2 Å². The first-order valence-electron chi connectivity index (χ1n) is 11.4. The fraction of sp³-hybridized carbons (Fsp3) is 0.179. The standard InChI is InChI=1S/C28H24ClN3O3S/c1-3-35-22-14-12-21(13-15-22)32-27(34)25(16-19-6-4-5-7-24(19)29)36-28(32)23(17-30)26(33)31-20-10-8-18(2)9-11-20/h4-15,25H,3,16H2,1-2H3,(H,31,33)/b28-23-. The van der Waals surface area contributed by atoms with Gasteiger partial charge in [-0.1, -0.05) is 59.3 Å². The molecule has 1 heterocycles. The highest BCUT2D eigenvalue weighted by molar-refractivity contribution is 8.05. The molecule has 0 radical (unpaired) electrons. The predicted molar refractivity (Wildman–Crippen MR) is 144 cm³/mol.